The molecule has 3 heterocycles. The molecular formula is C19H21F2N3O3S. The van der Waals surface area contributed by atoms with Gasteiger partial charge >= 0.3 is 0 Å². The quantitative estimate of drug-likeness (QED) is 0.820. The second-order valence-corrected chi connectivity index (χ2v) is 8.10. The van der Waals surface area contributed by atoms with Crippen molar-refractivity contribution in [3.05, 3.63) is 52.0 Å². The molecule has 2 atom stereocenters. The minimum atomic E-state index is -0.683. The molecular weight excluding hydrogens is 388 g/mol. The van der Waals surface area contributed by atoms with Crippen LogP contribution in [0.25, 0.3) is 0 Å². The Morgan fingerprint density at radius 2 is 2.32 bits per heavy atom. The van der Waals surface area contributed by atoms with Crippen molar-refractivity contribution < 1.29 is 23.0 Å². The molecule has 0 saturated carbocycles. The van der Waals surface area contributed by atoms with Crippen LogP contribution in [0.4, 0.5) is 8.78 Å². The van der Waals surface area contributed by atoms with Crippen molar-refractivity contribution >= 4 is 17.2 Å². The van der Waals surface area contributed by atoms with Gasteiger partial charge in [0, 0.05) is 49.3 Å². The van der Waals surface area contributed by atoms with Crippen LogP contribution < -0.4 is 5.32 Å². The van der Waals surface area contributed by atoms with Crippen LogP contribution in [-0.4, -0.2) is 53.8 Å². The molecule has 1 aromatic heterocycles. The van der Waals surface area contributed by atoms with Crippen LogP contribution in [0.5, 0.6) is 0 Å². The molecule has 0 bridgehead atoms. The van der Waals surface area contributed by atoms with Crippen LogP contribution in [0.2, 0.25) is 0 Å². The van der Waals surface area contributed by atoms with Gasteiger partial charge in [-0.3, -0.25) is 9.69 Å². The molecule has 1 N–H and O–H groups in total. The number of halogens is 2. The normalized spacial score (nSPS) is 25.3. The number of ether oxygens (including phenoxy) is 2. The fourth-order valence-corrected chi connectivity index (χ4v) is 4.29. The Kier molecular flexibility index (Phi) is 5.68. The summed E-state index contributed by atoms with van der Waals surface area (Å²) in [5.74, 6) is -1.65. The average Bonchev–Trinajstić information content (AvgIpc) is 3.31. The van der Waals surface area contributed by atoms with Gasteiger partial charge in [0.25, 0.3) is 0 Å². The van der Waals surface area contributed by atoms with Crippen molar-refractivity contribution in [2.45, 2.75) is 31.2 Å². The summed E-state index contributed by atoms with van der Waals surface area (Å²) in [6.07, 6.45) is 1.58. The number of thiazole rings is 1. The first-order valence-corrected chi connectivity index (χ1v) is 9.99. The lowest BCUT2D eigenvalue weighted by molar-refractivity contribution is -0.130. The molecule has 1 amide bonds. The highest BCUT2D eigenvalue weighted by Crippen LogP contribution is 2.32. The molecule has 0 aliphatic carbocycles. The number of hydrogen-bond acceptors (Lipinski definition) is 6. The van der Waals surface area contributed by atoms with Crippen LogP contribution in [0, 0.1) is 11.6 Å². The zero-order valence-corrected chi connectivity index (χ0v) is 16.0. The van der Waals surface area contributed by atoms with Gasteiger partial charge in [0.15, 0.2) is 0 Å². The molecule has 9 heteroatoms. The van der Waals surface area contributed by atoms with Crippen molar-refractivity contribution in [1.29, 1.82) is 0 Å². The summed E-state index contributed by atoms with van der Waals surface area (Å²) in [5, 5.41) is 5.67. The van der Waals surface area contributed by atoms with E-state index in [-0.39, 0.29) is 18.0 Å². The van der Waals surface area contributed by atoms with E-state index >= 15 is 0 Å². The zero-order valence-electron chi connectivity index (χ0n) is 15.2. The number of benzene rings is 1. The van der Waals surface area contributed by atoms with E-state index in [0.717, 1.165) is 24.2 Å². The van der Waals surface area contributed by atoms with Crippen molar-refractivity contribution in [2.75, 3.05) is 26.3 Å². The van der Waals surface area contributed by atoms with Gasteiger partial charge in [0.1, 0.15) is 28.3 Å². The monoisotopic (exact) mass is 409 g/mol. The highest BCUT2D eigenvalue weighted by Gasteiger charge is 2.46. The minimum Gasteiger partial charge on any atom is -0.370 e. The van der Waals surface area contributed by atoms with Crippen LogP contribution >= 0.6 is 11.3 Å². The fraction of sp³-hybridized carbons (Fsp3) is 0.474. The zero-order chi connectivity index (χ0) is 19.6. The molecule has 2 unspecified atom stereocenters. The predicted molar refractivity (Wildman–Crippen MR) is 98.6 cm³/mol. The molecule has 1 aromatic carbocycles. The van der Waals surface area contributed by atoms with E-state index in [1.807, 2.05) is 5.38 Å². The second-order valence-electron chi connectivity index (χ2n) is 7.13. The number of nitrogens with zero attached hydrogens (tertiary/aromatic N) is 2. The lowest BCUT2D eigenvalue weighted by Gasteiger charge is -2.39. The average molecular weight is 409 g/mol. The first kappa shape index (κ1) is 19.4. The summed E-state index contributed by atoms with van der Waals surface area (Å²) in [5.41, 5.74) is -0.287. The maximum absolute atomic E-state index is 13.7. The number of aromatic nitrogens is 1. The number of nitrogens with one attached hydrogen (secondary N) is 1. The van der Waals surface area contributed by atoms with Crippen LogP contribution in [0.15, 0.2) is 29.8 Å². The van der Waals surface area contributed by atoms with Crippen molar-refractivity contribution in [3.63, 3.8) is 0 Å². The Balaban J connectivity index is 1.31. The summed E-state index contributed by atoms with van der Waals surface area (Å²) < 4.78 is 38.4. The number of amides is 1. The molecule has 28 heavy (non-hydrogen) atoms. The third kappa shape index (κ3) is 4.38. The van der Waals surface area contributed by atoms with E-state index in [4.69, 9.17) is 9.47 Å². The number of rotatable bonds is 5. The SMILES string of the molecule is O=C(NCc1ccc(F)cc1F)C1CC2(CO1)CN(Cc1nccs1)CCO2. The fourth-order valence-electron chi connectivity index (χ4n) is 3.63. The number of morpholine rings is 1. The topological polar surface area (TPSA) is 63.7 Å². The first-order valence-electron chi connectivity index (χ1n) is 9.11. The smallest absolute Gasteiger partial charge is 0.249 e. The third-order valence-electron chi connectivity index (χ3n) is 5.04. The van der Waals surface area contributed by atoms with Gasteiger partial charge < -0.3 is 14.8 Å². The molecule has 0 radical (unpaired) electrons. The predicted octanol–water partition coefficient (Wildman–Crippen LogP) is 2.10. The van der Waals surface area contributed by atoms with Crippen molar-refractivity contribution in [3.8, 4) is 0 Å². The van der Waals surface area contributed by atoms with E-state index in [0.29, 0.717) is 26.2 Å². The molecule has 6 nitrogen and oxygen atoms in total. The van der Waals surface area contributed by atoms with E-state index in [1.54, 1.807) is 17.5 Å². The Labute approximate surface area is 165 Å². The third-order valence-corrected chi connectivity index (χ3v) is 5.80. The standard InChI is InChI=1S/C19H21F2N3O3S/c20-14-2-1-13(15(21)7-14)9-23-18(25)16-8-19(12-26-16)11-24(4-5-27-19)10-17-22-3-6-28-17/h1-3,6-7,16H,4-5,8-12H2,(H,23,25). The van der Waals surface area contributed by atoms with E-state index in [9.17, 15) is 13.6 Å². The van der Waals surface area contributed by atoms with Crippen LogP contribution in [0.3, 0.4) is 0 Å². The molecule has 2 aromatic rings. The molecule has 2 aliphatic rings. The summed E-state index contributed by atoms with van der Waals surface area (Å²) in [6.45, 7) is 3.12. The van der Waals surface area contributed by atoms with Gasteiger partial charge in [-0.2, -0.15) is 0 Å². The first-order chi connectivity index (χ1) is 13.5. The lowest BCUT2D eigenvalue weighted by atomic mass is 9.97. The summed E-state index contributed by atoms with van der Waals surface area (Å²) in [6, 6.07) is 3.29. The van der Waals surface area contributed by atoms with Crippen LogP contribution in [-0.2, 0) is 27.4 Å². The van der Waals surface area contributed by atoms with E-state index < -0.39 is 23.3 Å². The number of hydrogen-bond donors (Lipinski definition) is 1. The van der Waals surface area contributed by atoms with Gasteiger partial charge in [0.2, 0.25) is 5.91 Å². The Hall–Kier alpha value is -1.94. The van der Waals surface area contributed by atoms with Crippen molar-refractivity contribution in [1.82, 2.24) is 15.2 Å². The maximum Gasteiger partial charge on any atom is 0.249 e. The minimum absolute atomic E-state index is 0.0190. The Morgan fingerprint density at radius 1 is 1.43 bits per heavy atom. The van der Waals surface area contributed by atoms with Gasteiger partial charge in [0.05, 0.1) is 19.8 Å². The molecule has 150 valence electrons. The highest BCUT2D eigenvalue weighted by molar-refractivity contribution is 7.09. The summed E-state index contributed by atoms with van der Waals surface area (Å²) in [4.78, 5) is 19.0. The van der Waals surface area contributed by atoms with Gasteiger partial charge in [-0.05, 0) is 6.07 Å². The highest BCUT2D eigenvalue weighted by atomic mass is 32.1. The molecule has 2 aliphatic heterocycles. The lowest BCUT2D eigenvalue weighted by Crippen LogP contribution is -2.52. The second kappa shape index (κ2) is 8.20. The van der Waals surface area contributed by atoms with Gasteiger partial charge in [-0.15, -0.1) is 11.3 Å². The molecule has 2 fully saturated rings. The Bertz CT molecular complexity index is 836. The summed E-state index contributed by atoms with van der Waals surface area (Å²) >= 11 is 1.62. The van der Waals surface area contributed by atoms with Gasteiger partial charge in [-0.25, -0.2) is 13.8 Å². The summed E-state index contributed by atoms with van der Waals surface area (Å²) in [7, 11) is 0. The number of carbonyl (C=O) groups is 1. The van der Waals surface area contributed by atoms with Gasteiger partial charge in [-0.1, -0.05) is 6.07 Å². The molecule has 2 saturated heterocycles. The van der Waals surface area contributed by atoms with E-state index in [2.05, 4.69) is 15.2 Å². The molecule has 1 spiro atoms. The van der Waals surface area contributed by atoms with E-state index in [1.165, 1.54) is 12.1 Å². The number of carbonyl (C=O) groups excluding carboxylic acids is 1. The Morgan fingerprint density at radius 3 is 3.11 bits per heavy atom. The van der Waals surface area contributed by atoms with Crippen LogP contribution in [0.1, 0.15) is 17.0 Å². The maximum atomic E-state index is 13.7. The van der Waals surface area contributed by atoms with Crippen molar-refractivity contribution in [2.24, 2.45) is 0 Å². The molecule has 4 rings (SSSR count). The largest absolute Gasteiger partial charge is 0.370 e.